The summed E-state index contributed by atoms with van der Waals surface area (Å²) in [6.07, 6.45) is 0.879. The van der Waals surface area contributed by atoms with Crippen molar-refractivity contribution in [1.29, 1.82) is 0 Å². The molecule has 1 fully saturated rings. The molecule has 2 aromatic rings. The summed E-state index contributed by atoms with van der Waals surface area (Å²) in [5.74, 6) is 0.338. The van der Waals surface area contributed by atoms with E-state index in [9.17, 15) is 4.39 Å². The van der Waals surface area contributed by atoms with Crippen LogP contribution >= 0.6 is 0 Å². The monoisotopic (exact) mass is 250 g/mol. The lowest BCUT2D eigenvalue weighted by atomic mass is 10.3. The Morgan fingerprint density at radius 2 is 2.33 bits per heavy atom. The number of pyridine rings is 1. The molecule has 0 radical (unpaired) electrons. The molecule has 1 aliphatic rings. The maximum atomic E-state index is 12.7. The maximum absolute atomic E-state index is 12.7. The van der Waals surface area contributed by atoms with Crippen molar-refractivity contribution < 1.29 is 13.7 Å². The van der Waals surface area contributed by atoms with Crippen molar-refractivity contribution in [2.45, 2.75) is 6.10 Å². The van der Waals surface area contributed by atoms with E-state index in [1.807, 2.05) is 0 Å². The lowest BCUT2D eigenvalue weighted by molar-refractivity contribution is 0.00755. The van der Waals surface area contributed by atoms with Crippen LogP contribution in [0.4, 0.5) is 4.39 Å². The fraction of sp³-hybridized carbons (Fsp3) is 0.364. The van der Waals surface area contributed by atoms with E-state index in [2.05, 4.69) is 20.4 Å². The molecule has 7 heteroatoms. The van der Waals surface area contributed by atoms with Crippen molar-refractivity contribution in [2.75, 3.05) is 19.7 Å². The number of hydrogen-bond donors (Lipinski definition) is 1. The summed E-state index contributed by atoms with van der Waals surface area (Å²) in [7, 11) is 0. The third kappa shape index (κ3) is 2.22. The van der Waals surface area contributed by atoms with Crippen molar-refractivity contribution in [2.24, 2.45) is 0 Å². The summed E-state index contributed by atoms with van der Waals surface area (Å²) in [4.78, 5) is 8.10. The molecule has 18 heavy (non-hydrogen) atoms. The van der Waals surface area contributed by atoms with Gasteiger partial charge in [-0.25, -0.2) is 9.37 Å². The third-order valence-electron chi connectivity index (χ3n) is 2.60. The van der Waals surface area contributed by atoms with Crippen LogP contribution in [0.5, 0.6) is 0 Å². The molecule has 3 rings (SSSR count). The number of ether oxygens (including phenoxy) is 1. The quantitative estimate of drug-likeness (QED) is 0.854. The zero-order valence-electron chi connectivity index (χ0n) is 9.47. The van der Waals surface area contributed by atoms with Gasteiger partial charge in [0, 0.05) is 13.1 Å². The Kier molecular flexibility index (Phi) is 2.99. The summed E-state index contributed by atoms with van der Waals surface area (Å²) in [5, 5.41) is 6.98. The summed E-state index contributed by atoms with van der Waals surface area (Å²) in [5.41, 5.74) is 0.468. The van der Waals surface area contributed by atoms with Gasteiger partial charge in [0.1, 0.15) is 17.6 Å². The van der Waals surface area contributed by atoms with Crippen molar-refractivity contribution >= 4 is 0 Å². The maximum Gasteiger partial charge on any atom is 0.257 e. The Labute approximate surface area is 102 Å². The van der Waals surface area contributed by atoms with Gasteiger partial charge in [-0.15, -0.1) is 0 Å². The summed E-state index contributed by atoms with van der Waals surface area (Å²) in [6, 6.07) is 2.81. The van der Waals surface area contributed by atoms with Crippen LogP contribution in [0.3, 0.4) is 0 Å². The van der Waals surface area contributed by atoms with Gasteiger partial charge in [-0.05, 0) is 12.1 Å². The van der Waals surface area contributed by atoms with Crippen LogP contribution in [0.2, 0.25) is 0 Å². The van der Waals surface area contributed by atoms with Crippen LogP contribution < -0.4 is 5.32 Å². The van der Waals surface area contributed by atoms with Crippen molar-refractivity contribution in [1.82, 2.24) is 20.4 Å². The molecule has 6 nitrogen and oxygen atoms in total. The normalized spacial score (nSPS) is 19.9. The Balaban J connectivity index is 1.82. The Morgan fingerprint density at radius 3 is 3.06 bits per heavy atom. The van der Waals surface area contributed by atoms with Gasteiger partial charge in [-0.3, -0.25) is 0 Å². The highest BCUT2D eigenvalue weighted by molar-refractivity contribution is 5.47. The molecule has 3 heterocycles. The highest BCUT2D eigenvalue weighted by atomic mass is 19.1. The average Bonchev–Trinajstić information content (AvgIpc) is 2.90. The van der Waals surface area contributed by atoms with E-state index in [4.69, 9.17) is 9.26 Å². The van der Waals surface area contributed by atoms with E-state index >= 15 is 0 Å². The van der Waals surface area contributed by atoms with E-state index in [1.54, 1.807) is 0 Å². The third-order valence-corrected chi connectivity index (χ3v) is 2.60. The number of aromatic nitrogens is 3. The molecule has 0 aromatic carbocycles. The molecule has 0 amide bonds. The molecule has 2 aromatic heterocycles. The molecular formula is C11H11FN4O2. The largest absolute Gasteiger partial charge is 0.366 e. The SMILES string of the molecule is Fc1ccc(-c2noc(C3CNCCO3)n2)nc1. The fourth-order valence-electron chi connectivity index (χ4n) is 1.70. The number of hydrogen-bond acceptors (Lipinski definition) is 6. The van der Waals surface area contributed by atoms with E-state index in [0.29, 0.717) is 30.6 Å². The number of rotatable bonds is 2. The second-order valence-corrected chi connectivity index (χ2v) is 3.88. The molecule has 0 aliphatic carbocycles. The first kappa shape index (κ1) is 11.2. The van der Waals surface area contributed by atoms with Crippen LogP contribution in [-0.4, -0.2) is 34.8 Å². The summed E-state index contributed by atoms with van der Waals surface area (Å²) >= 11 is 0. The molecule has 1 unspecified atom stereocenters. The van der Waals surface area contributed by atoms with Crippen molar-refractivity contribution in [3.63, 3.8) is 0 Å². The number of nitrogens with zero attached hydrogens (tertiary/aromatic N) is 3. The average molecular weight is 250 g/mol. The first-order valence-corrected chi connectivity index (χ1v) is 5.61. The van der Waals surface area contributed by atoms with Crippen LogP contribution in [0.25, 0.3) is 11.5 Å². The predicted octanol–water partition coefficient (Wildman–Crippen LogP) is 0.932. The first-order chi connectivity index (χ1) is 8.83. The molecule has 0 saturated carbocycles. The highest BCUT2D eigenvalue weighted by Crippen LogP contribution is 2.20. The number of nitrogens with one attached hydrogen (secondary N) is 1. The molecule has 1 atom stereocenters. The van der Waals surface area contributed by atoms with Gasteiger partial charge in [0.15, 0.2) is 0 Å². The topological polar surface area (TPSA) is 73.1 Å². The van der Waals surface area contributed by atoms with E-state index in [1.165, 1.54) is 12.1 Å². The molecule has 1 aliphatic heterocycles. The molecule has 1 saturated heterocycles. The lowest BCUT2D eigenvalue weighted by Crippen LogP contribution is -2.33. The van der Waals surface area contributed by atoms with Crippen LogP contribution in [-0.2, 0) is 4.74 Å². The second kappa shape index (κ2) is 4.79. The highest BCUT2D eigenvalue weighted by Gasteiger charge is 2.22. The van der Waals surface area contributed by atoms with Crippen molar-refractivity contribution in [3.8, 4) is 11.5 Å². The van der Waals surface area contributed by atoms with E-state index < -0.39 is 5.82 Å². The lowest BCUT2D eigenvalue weighted by Gasteiger charge is -2.19. The Bertz CT molecular complexity index is 522. The van der Waals surface area contributed by atoms with Gasteiger partial charge in [0.2, 0.25) is 5.82 Å². The minimum absolute atomic E-state index is 0.236. The molecule has 94 valence electrons. The van der Waals surface area contributed by atoms with Gasteiger partial charge >= 0.3 is 0 Å². The molecule has 0 bridgehead atoms. The zero-order chi connectivity index (χ0) is 12.4. The second-order valence-electron chi connectivity index (χ2n) is 3.88. The molecule has 1 N–H and O–H groups in total. The number of halogens is 1. The van der Waals surface area contributed by atoms with Crippen LogP contribution in [0.15, 0.2) is 22.9 Å². The zero-order valence-corrected chi connectivity index (χ0v) is 9.47. The summed E-state index contributed by atoms with van der Waals surface area (Å²) < 4.78 is 23.4. The van der Waals surface area contributed by atoms with Gasteiger partial charge < -0.3 is 14.6 Å². The van der Waals surface area contributed by atoms with Crippen LogP contribution in [0.1, 0.15) is 12.0 Å². The molecular weight excluding hydrogens is 239 g/mol. The Morgan fingerprint density at radius 1 is 1.39 bits per heavy atom. The smallest absolute Gasteiger partial charge is 0.257 e. The minimum atomic E-state index is -0.401. The predicted molar refractivity (Wildman–Crippen MR) is 59.0 cm³/mol. The first-order valence-electron chi connectivity index (χ1n) is 5.61. The standard InChI is InChI=1S/C11H11FN4O2/c12-7-1-2-8(14-5-7)10-15-11(18-16-10)9-6-13-3-4-17-9/h1-2,5,9,13H,3-4,6H2. The Hall–Kier alpha value is -1.86. The minimum Gasteiger partial charge on any atom is -0.366 e. The van der Waals surface area contributed by atoms with Gasteiger partial charge in [-0.1, -0.05) is 5.16 Å². The fourth-order valence-corrected chi connectivity index (χ4v) is 1.70. The molecule has 0 spiro atoms. The van der Waals surface area contributed by atoms with E-state index in [-0.39, 0.29) is 6.10 Å². The van der Waals surface area contributed by atoms with Crippen molar-refractivity contribution in [3.05, 3.63) is 30.0 Å². The summed E-state index contributed by atoms with van der Waals surface area (Å²) in [6.45, 7) is 2.06. The number of morpholine rings is 1. The van der Waals surface area contributed by atoms with Crippen LogP contribution in [0, 0.1) is 5.82 Å². The van der Waals surface area contributed by atoms with E-state index in [0.717, 1.165) is 12.7 Å². The van der Waals surface area contributed by atoms with Gasteiger partial charge in [0.05, 0.1) is 12.8 Å². The van der Waals surface area contributed by atoms with Gasteiger partial charge in [0.25, 0.3) is 5.89 Å². The van der Waals surface area contributed by atoms with Gasteiger partial charge in [-0.2, -0.15) is 4.98 Å².